The molecule has 0 unspecified atom stereocenters. The molecule has 1 saturated heterocycles. The molecule has 1 fully saturated rings. The minimum absolute atomic E-state index is 0.0895. The van der Waals surface area contributed by atoms with E-state index in [-0.39, 0.29) is 12.1 Å². The topological polar surface area (TPSA) is 78.5 Å². The molecule has 0 amide bonds. The second-order valence-corrected chi connectivity index (χ2v) is 7.49. The number of nitrogens with one attached hydrogen (secondary N) is 2. The van der Waals surface area contributed by atoms with Gasteiger partial charge in [-0.1, -0.05) is 6.07 Å². The Balaban J connectivity index is 1.45. The Kier molecular flexibility index (Phi) is 5.55. The van der Waals surface area contributed by atoms with E-state index in [2.05, 4.69) is 37.3 Å². The molecule has 1 aromatic carbocycles. The van der Waals surface area contributed by atoms with Crippen LogP contribution in [0.2, 0.25) is 0 Å². The number of hydrogen-bond donors (Lipinski definition) is 2. The summed E-state index contributed by atoms with van der Waals surface area (Å²) in [5.74, 6) is 2.51. The lowest BCUT2D eigenvalue weighted by atomic mass is 10.2. The Bertz CT molecular complexity index is 973. The molecule has 3 heterocycles. The molecule has 0 saturated carbocycles. The van der Waals surface area contributed by atoms with Crippen molar-refractivity contribution in [1.29, 1.82) is 0 Å². The zero-order valence-corrected chi connectivity index (χ0v) is 17.3. The Hall–Kier alpha value is -2.84. The molecule has 2 atom stereocenters. The maximum absolute atomic E-state index is 5.75. The van der Waals surface area contributed by atoms with Gasteiger partial charge in [0.25, 0.3) is 0 Å². The fourth-order valence-corrected chi connectivity index (χ4v) is 3.83. The van der Waals surface area contributed by atoms with E-state index in [1.807, 2.05) is 37.2 Å². The van der Waals surface area contributed by atoms with Crippen molar-refractivity contribution in [3.05, 3.63) is 42.2 Å². The molecule has 1 aliphatic rings. The van der Waals surface area contributed by atoms with E-state index in [1.165, 1.54) is 0 Å². The van der Waals surface area contributed by atoms with Crippen LogP contribution in [0.3, 0.4) is 0 Å². The van der Waals surface area contributed by atoms with Gasteiger partial charge in [0.15, 0.2) is 0 Å². The van der Waals surface area contributed by atoms with Crippen LogP contribution in [-0.2, 0) is 11.3 Å². The monoisotopic (exact) mass is 396 g/mol. The summed E-state index contributed by atoms with van der Waals surface area (Å²) < 4.78 is 11.2. The molecule has 3 aromatic rings. The third kappa shape index (κ3) is 3.99. The number of benzene rings is 1. The van der Waals surface area contributed by atoms with Crippen LogP contribution in [0.15, 0.2) is 36.5 Å². The van der Waals surface area contributed by atoms with Gasteiger partial charge in [-0.15, -0.1) is 0 Å². The minimum atomic E-state index is 0.0895. The maximum Gasteiger partial charge on any atom is 0.226 e. The van der Waals surface area contributed by atoms with Gasteiger partial charge in [0, 0.05) is 63.6 Å². The average Bonchev–Trinajstić information content (AvgIpc) is 3.35. The molecule has 0 aliphatic carbocycles. The Morgan fingerprint density at radius 1 is 1.24 bits per heavy atom. The van der Waals surface area contributed by atoms with Gasteiger partial charge < -0.3 is 29.6 Å². The van der Waals surface area contributed by atoms with Gasteiger partial charge >= 0.3 is 0 Å². The highest BCUT2D eigenvalue weighted by molar-refractivity contribution is 5.86. The summed E-state index contributed by atoms with van der Waals surface area (Å²) in [7, 11) is 7.36. The van der Waals surface area contributed by atoms with Gasteiger partial charge in [0.2, 0.25) is 5.95 Å². The van der Waals surface area contributed by atoms with E-state index in [0.29, 0.717) is 5.95 Å². The average molecular weight is 396 g/mol. The summed E-state index contributed by atoms with van der Waals surface area (Å²) in [4.78, 5) is 16.6. The highest BCUT2D eigenvalue weighted by atomic mass is 16.5. The van der Waals surface area contributed by atoms with Crippen LogP contribution in [0, 0.1) is 0 Å². The third-order valence-corrected chi connectivity index (χ3v) is 5.38. The molecule has 2 aromatic heterocycles. The second kappa shape index (κ2) is 8.26. The van der Waals surface area contributed by atoms with Crippen molar-refractivity contribution < 1.29 is 9.47 Å². The molecule has 8 heteroatoms. The number of ether oxygens (including phenoxy) is 2. The molecule has 29 heavy (non-hydrogen) atoms. The van der Waals surface area contributed by atoms with Gasteiger partial charge in [0.1, 0.15) is 11.6 Å². The van der Waals surface area contributed by atoms with E-state index in [4.69, 9.17) is 9.47 Å². The van der Waals surface area contributed by atoms with E-state index in [0.717, 1.165) is 47.8 Å². The van der Waals surface area contributed by atoms with Gasteiger partial charge in [-0.05, 0) is 24.3 Å². The number of methoxy groups -OCH3 is 2. The van der Waals surface area contributed by atoms with Crippen LogP contribution in [-0.4, -0.2) is 68.5 Å². The number of anilines is 2. The number of rotatable bonds is 7. The number of aromatic amines is 1. The zero-order chi connectivity index (χ0) is 20.4. The van der Waals surface area contributed by atoms with Crippen LogP contribution in [0.5, 0.6) is 5.75 Å². The summed E-state index contributed by atoms with van der Waals surface area (Å²) in [5, 5.41) is 4.74. The van der Waals surface area contributed by atoms with E-state index in [1.54, 1.807) is 20.4 Å². The lowest BCUT2D eigenvalue weighted by Crippen LogP contribution is -2.39. The first-order valence-corrected chi connectivity index (χ1v) is 9.75. The van der Waals surface area contributed by atoms with Crippen molar-refractivity contribution in [3.8, 4) is 5.75 Å². The number of hydrogen-bond acceptors (Lipinski definition) is 7. The van der Waals surface area contributed by atoms with Gasteiger partial charge in [-0.3, -0.25) is 0 Å². The van der Waals surface area contributed by atoms with Gasteiger partial charge in [0.05, 0.1) is 19.3 Å². The first-order chi connectivity index (χ1) is 14.1. The molecule has 0 radical (unpaired) electrons. The van der Waals surface area contributed by atoms with Crippen LogP contribution < -0.4 is 19.9 Å². The maximum atomic E-state index is 5.75. The minimum Gasteiger partial charge on any atom is -0.496 e. The Labute approximate surface area is 170 Å². The molecule has 0 spiro atoms. The summed E-state index contributed by atoms with van der Waals surface area (Å²) in [6.45, 7) is 2.34. The number of H-pyrrole nitrogens is 1. The summed E-state index contributed by atoms with van der Waals surface area (Å²) in [6.07, 6.45) is 1.89. The summed E-state index contributed by atoms with van der Waals surface area (Å²) in [6, 6.07) is 10.3. The standard InChI is InChI=1S/C21H28N6O2/c1-26(2)21-22-9-8-20(25-21)27-12-17(19(13-27)29-4)23-11-14-10-15-16(24-14)6-5-7-18(15)28-3/h5-10,17,19,23-24H,11-13H2,1-4H3/t17-,19+/m0/s1. The van der Waals surface area contributed by atoms with Crippen molar-refractivity contribution in [2.45, 2.75) is 18.7 Å². The second-order valence-electron chi connectivity index (χ2n) is 7.49. The van der Waals surface area contributed by atoms with Crippen LogP contribution in [0.4, 0.5) is 11.8 Å². The first-order valence-electron chi connectivity index (χ1n) is 9.75. The molecule has 8 nitrogen and oxygen atoms in total. The smallest absolute Gasteiger partial charge is 0.226 e. The van der Waals surface area contributed by atoms with Crippen LogP contribution >= 0.6 is 0 Å². The summed E-state index contributed by atoms with van der Waals surface area (Å²) >= 11 is 0. The number of fused-ring (bicyclic) bond motifs is 1. The third-order valence-electron chi connectivity index (χ3n) is 5.38. The predicted molar refractivity (Wildman–Crippen MR) is 115 cm³/mol. The Morgan fingerprint density at radius 2 is 2.10 bits per heavy atom. The highest BCUT2D eigenvalue weighted by Gasteiger charge is 2.33. The number of nitrogens with zero attached hydrogens (tertiary/aromatic N) is 4. The van der Waals surface area contributed by atoms with Gasteiger partial charge in [-0.2, -0.15) is 4.98 Å². The van der Waals surface area contributed by atoms with Crippen molar-refractivity contribution in [2.75, 3.05) is 51.2 Å². The van der Waals surface area contributed by atoms with Crippen LogP contribution in [0.25, 0.3) is 10.9 Å². The normalized spacial score (nSPS) is 19.1. The number of aromatic nitrogens is 3. The van der Waals surface area contributed by atoms with Gasteiger partial charge in [-0.25, -0.2) is 4.98 Å². The molecule has 2 N–H and O–H groups in total. The first kappa shape index (κ1) is 19.5. The largest absolute Gasteiger partial charge is 0.496 e. The van der Waals surface area contributed by atoms with E-state index >= 15 is 0 Å². The SMILES string of the molecule is COc1cccc2[nH]c(CN[C@H]3CN(c4ccnc(N(C)C)n4)C[C@H]3OC)cc12. The lowest BCUT2D eigenvalue weighted by Gasteiger charge is -2.19. The van der Waals surface area contributed by atoms with E-state index < -0.39 is 0 Å². The lowest BCUT2D eigenvalue weighted by molar-refractivity contribution is 0.0966. The molecule has 1 aliphatic heterocycles. The Morgan fingerprint density at radius 3 is 2.86 bits per heavy atom. The fraction of sp³-hybridized carbons (Fsp3) is 0.429. The zero-order valence-electron chi connectivity index (χ0n) is 17.3. The quantitative estimate of drug-likeness (QED) is 0.633. The molecule has 0 bridgehead atoms. The molecule has 4 rings (SSSR count). The van der Waals surface area contributed by atoms with E-state index in [9.17, 15) is 0 Å². The predicted octanol–water partition coefficient (Wildman–Crippen LogP) is 2.03. The molecule has 154 valence electrons. The fourth-order valence-electron chi connectivity index (χ4n) is 3.83. The molecular weight excluding hydrogens is 368 g/mol. The van der Waals surface area contributed by atoms with Crippen LogP contribution in [0.1, 0.15) is 5.69 Å². The van der Waals surface area contributed by atoms with Crippen molar-refractivity contribution in [3.63, 3.8) is 0 Å². The molecular formula is C21H28N6O2. The van der Waals surface area contributed by atoms with Crippen molar-refractivity contribution >= 4 is 22.7 Å². The van der Waals surface area contributed by atoms with Crippen molar-refractivity contribution in [2.24, 2.45) is 0 Å². The summed E-state index contributed by atoms with van der Waals surface area (Å²) in [5.41, 5.74) is 2.20. The van der Waals surface area contributed by atoms with Crippen molar-refractivity contribution in [1.82, 2.24) is 20.3 Å². The highest BCUT2D eigenvalue weighted by Crippen LogP contribution is 2.26.